The molecule has 3 aromatic carbocycles. The summed E-state index contributed by atoms with van der Waals surface area (Å²) in [6.45, 7) is -0.0434. The summed E-state index contributed by atoms with van der Waals surface area (Å²) in [5.41, 5.74) is 0.699. The summed E-state index contributed by atoms with van der Waals surface area (Å²) < 4.78 is 35.1. The van der Waals surface area contributed by atoms with Gasteiger partial charge in [0.2, 0.25) is 0 Å². The SMILES string of the molecule is N#Cc1ccc(Cn2cnnc2CN(Cc2ccc(F)cc2F)C(=O)c2cc3ccccc3oc2=O)cc1. The van der Waals surface area contributed by atoms with Crippen LogP contribution in [0.1, 0.15) is 32.9 Å². The molecule has 188 valence electrons. The molecule has 0 radical (unpaired) electrons. The third-order valence-corrected chi connectivity index (χ3v) is 6.00. The van der Waals surface area contributed by atoms with Crippen LogP contribution in [0.2, 0.25) is 0 Å². The standard InChI is InChI=1S/C28H19F2N5O3/c29-22-10-9-21(24(30)12-22)15-34(27(36)23-11-20-3-1-2-4-25(20)38-28(23)37)16-26-33-32-17-35(26)14-19-7-5-18(13-31)6-8-19/h1-12,17H,14-16H2. The number of nitrogens with zero attached hydrogens (tertiary/aromatic N) is 5. The summed E-state index contributed by atoms with van der Waals surface area (Å²) in [6, 6.07) is 20.3. The molecule has 0 bridgehead atoms. The summed E-state index contributed by atoms with van der Waals surface area (Å²) in [6.07, 6.45) is 1.49. The zero-order valence-electron chi connectivity index (χ0n) is 19.8. The van der Waals surface area contributed by atoms with Crippen molar-refractivity contribution in [1.82, 2.24) is 19.7 Å². The van der Waals surface area contributed by atoms with Gasteiger partial charge in [-0.2, -0.15) is 5.26 Å². The first-order valence-corrected chi connectivity index (χ1v) is 11.5. The molecule has 2 aromatic heterocycles. The molecule has 10 heteroatoms. The van der Waals surface area contributed by atoms with E-state index in [1.165, 1.54) is 23.4 Å². The molecule has 8 nitrogen and oxygen atoms in total. The summed E-state index contributed by atoms with van der Waals surface area (Å²) in [7, 11) is 0. The molecule has 0 saturated heterocycles. The maximum atomic E-state index is 14.6. The van der Waals surface area contributed by atoms with Gasteiger partial charge >= 0.3 is 5.63 Å². The lowest BCUT2D eigenvalue weighted by Crippen LogP contribution is -2.34. The van der Waals surface area contributed by atoms with Crippen LogP contribution in [0, 0.1) is 23.0 Å². The molecule has 5 rings (SSSR count). The van der Waals surface area contributed by atoms with E-state index in [0.717, 1.165) is 17.7 Å². The number of halogens is 2. The highest BCUT2D eigenvalue weighted by Gasteiger charge is 2.24. The van der Waals surface area contributed by atoms with Crippen LogP contribution in [0.15, 0.2) is 88.3 Å². The molecular formula is C28H19F2N5O3. The van der Waals surface area contributed by atoms with Crippen LogP contribution in [-0.2, 0) is 19.6 Å². The number of nitriles is 1. The van der Waals surface area contributed by atoms with Gasteiger partial charge in [0.15, 0.2) is 5.82 Å². The van der Waals surface area contributed by atoms with E-state index in [1.54, 1.807) is 53.1 Å². The molecule has 0 atom stereocenters. The Labute approximate surface area is 215 Å². The second-order valence-electron chi connectivity index (χ2n) is 8.57. The Hall–Kier alpha value is -5.17. The second kappa shape index (κ2) is 10.4. The fraction of sp³-hybridized carbons (Fsp3) is 0.107. The molecule has 0 unspecified atom stereocenters. The van der Waals surface area contributed by atoms with Crippen LogP contribution in [0.4, 0.5) is 8.78 Å². The number of rotatable bonds is 7. The van der Waals surface area contributed by atoms with Crippen molar-refractivity contribution in [1.29, 1.82) is 5.26 Å². The predicted molar refractivity (Wildman–Crippen MR) is 133 cm³/mol. The van der Waals surface area contributed by atoms with Gasteiger partial charge < -0.3 is 13.9 Å². The zero-order valence-corrected chi connectivity index (χ0v) is 19.8. The fourth-order valence-electron chi connectivity index (χ4n) is 4.02. The molecule has 2 heterocycles. The summed E-state index contributed by atoms with van der Waals surface area (Å²) >= 11 is 0. The van der Waals surface area contributed by atoms with Crippen molar-refractivity contribution >= 4 is 16.9 Å². The van der Waals surface area contributed by atoms with E-state index < -0.39 is 23.2 Å². The number of fused-ring (bicyclic) bond motifs is 1. The lowest BCUT2D eigenvalue weighted by atomic mass is 10.1. The van der Waals surface area contributed by atoms with E-state index in [-0.39, 0.29) is 24.2 Å². The molecule has 0 aliphatic carbocycles. The molecular weight excluding hydrogens is 492 g/mol. The van der Waals surface area contributed by atoms with E-state index in [2.05, 4.69) is 16.3 Å². The third-order valence-electron chi connectivity index (χ3n) is 6.00. The van der Waals surface area contributed by atoms with Gasteiger partial charge in [0, 0.05) is 23.6 Å². The summed E-state index contributed by atoms with van der Waals surface area (Å²) in [5.74, 6) is -1.91. The first-order valence-electron chi connectivity index (χ1n) is 11.5. The van der Waals surface area contributed by atoms with E-state index in [0.29, 0.717) is 28.9 Å². The summed E-state index contributed by atoms with van der Waals surface area (Å²) in [4.78, 5) is 27.6. The number of hydrogen-bond donors (Lipinski definition) is 0. The van der Waals surface area contributed by atoms with Gasteiger partial charge in [0.25, 0.3) is 5.91 Å². The Morgan fingerprint density at radius 2 is 1.82 bits per heavy atom. The summed E-state index contributed by atoms with van der Waals surface area (Å²) in [5, 5.41) is 17.6. The minimum absolute atomic E-state index is 0.0584. The number of benzene rings is 3. The van der Waals surface area contributed by atoms with Crippen molar-refractivity contribution in [3.05, 3.63) is 129 Å². The van der Waals surface area contributed by atoms with Crippen LogP contribution in [-0.4, -0.2) is 25.6 Å². The fourth-order valence-corrected chi connectivity index (χ4v) is 4.02. The van der Waals surface area contributed by atoms with E-state index in [4.69, 9.17) is 9.68 Å². The highest BCUT2D eigenvalue weighted by Crippen LogP contribution is 2.19. The van der Waals surface area contributed by atoms with Crippen molar-refractivity contribution in [2.24, 2.45) is 0 Å². The van der Waals surface area contributed by atoms with Gasteiger partial charge in [-0.05, 0) is 35.9 Å². The maximum absolute atomic E-state index is 14.6. The number of carbonyl (C=O) groups excluding carboxylic acids is 1. The number of aromatic nitrogens is 3. The van der Waals surface area contributed by atoms with Crippen LogP contribution >= 0.6 is 0 Å². The average molecular weight is 511 g/mol. The van der Waals surface area contributed by atoms with Gasteiger partial charge in [-0.25, -0.2) is 13.6 Å². The molecule has 0 aliphatic heterocycles. The Kier molecular flexibility index (Phi) is 6.74. The molecule has 38 heavy (non-hydrogen) atoms. The van der Waals surface area contributed by atoms with Crippen molar-refractivity contribution in [2.45, 2.75) is 19.6 Å². The Morgan fingerprint density at radius 1 is 1.03 bits per heavy atom. The van der Waals surface area contributed by atoms with Crippen molar-refractivity contribution < 1.29 is 18.0 Å². The Balaban J connectivity index is 1.49. The first-order chi connectivity index (χ1) is 18.4. The Bertz CT molecular complexity index is 1740. The molecule has 0 aliphatic rings. The van der Waals surface area contributed by atoms with Crippen LogP contribution in [0.5, 0.6) is 0 Å². The number of hydrogen-bond acceptors (Lipinski definition) is 6. The second-order valence-corrected chi connectivity index (χ2v) is 8.57. The van der Waals surface area contributed by atoms with Crippen molar-refractivity contribution in [3.63, 3.8) is 0 Å². The molecule has 1 amide bonds. The molecule has 0 fully saturated rings. The minimum Gasteiger partial charge on any atom is -0.422 e. The average Bonchev–Trinajstić information content (AvgIpc) is 3.35. The van der Waals surface area contributed by atoms with Gasteiger partial charge in [0.1, 0.15) is 29.1 Å². The van der Waals surface area contributed by atoms with Gasteiger partial charge in [0.05, 0.1) is 24.7 Å². The smallest absolute Gasteiger partial charge is 0.349 e. The maximum Gasteiger partial charge on any atom is 0.349 e. The minimum atomic E-state index is -0.836. The largest absolute Gasteiger partial charge is 0.422 e. The molecule has 0 spiro atoms. The van der Waals surface area contributed by atoms with Crippen LogP contribution in [0.25, 0.3) is 11.0 Å². The lowest BCUT2D eigenvalue weighted by molar-refractivity contribution is 0.0717. The normalized spacial score (nSPS) is 10.9. The van der Waals surface area contributed by atoms with Crippen molar-refractivity contribution in [3.8, 4) is 6.07 Å². The number of para-hydroxylation sites is 1. The topological polar surface area (TPSA) is 105 Å². The van der Waals surface area contributed by atoms with E-state index in [9.17, 15) is 18.4 Å². The number of amides is 1. The molecule has 0 N–H and O–H groups in total. The molecule has 0 saturated carbocycles. The lowest BCUT2D eigenvalue weighted by Gasteiger charge is -2.23. The van der Waals surface area contributed by atoms with Crippen molar-refractivity contribution in [2.75, 3.05) is 0 Å². The van der Waals surface area contributed by atoms with Crippen LogP contribution in [0.3, 0.4) is 0 Å². The third kappa shape index (κ3) is 5.17. The molecule has 5 aromatic rings. The van der Waals surface area contributed by atoms with Gasteiger partial charge in [-0.3, -0.25) is 4.79 Å². The Morgan fingerprint density at radius 3 is 2.58 bits per heavy atom. The van der Waals surface area contributed by atoms with E-state index in [1.807, 2.05) is 0 Å². The van der Waals surface area contributed by atoms with Gasteiger partial charge in [-0.15, -0.1) is 10.2 Å². The quantitative estimate of drug-likeness (QED) is 0.300. The highest BCUT2D eigenvalue weighted by atomic mass is 19.1. The predicted octanol–water partition coefficient (Wildman–Crippen LogP) is 4.43. The van der Waals surface area contributed by atoms with Crippen LogP contribution < -0.4 is 5.63 Å². The monoisotopic (exact) mass is 511 g/mol. The highest BCUT2D eigenvalue weighted by molar-refractivity contribution is 5.96. The zero-order chi connectivity index (χ0) is 26.6. The van der Waals surface area contributed by atoms with Gasteiger partial charge in [-0.1, -0.05) is 36.4 Å². The van der Waals surface area contributed by atoms with E-state index >= 15 is 0 Å². The number of carbonyl (C=O) groups is 1. The first kappa shape index (κ1) is 24.5.